The van der Waals surface area contributed by atoms with Crippen molar-refractivity contribution >= 4 is 20.6 Å². The molecule has 120 valence electrons. The molecule has 0 aromatic heterocycles. The van der Waals surface area contributed by atoms with Crippen molar-refractivity contribution in [3.05, 3.63) is 78.9 Å². The van der Waals surface area contributed by atoms with Gasteiger partial charge in [-0.25, -0.2) is 0 Å². The zero-order chi connectivity index (χ0) is 16.3. The molecule has 1 fully saturated rings. The third-order valence-corrected chi connectivity index (χ3v) is 21.0. The van der Waals surface area contributed by atoms with Crippen molar-refractivity contribution in [2.24, 2.45) is 0 Å². The Labute approximate surface area is 141 Å². The van der Waals surface area contributed by atoms with Crippen LogP contribution in [0.4, 0.5) is 0 Å². The van der Waals surface area contributed by atoms with Gasteiger partial charge in [-0.3, -0.25) is 0 Å². The van der Waals surface area contributed by atoms with Crippen LogP contribution in [0, 0.1) is 0 Å². The summed E-state index contributed by atoms with van der Waals surface area (Å²) in [6.07, 6.45) is 3.49. The quantitative estimate of drug-likeness (QED) is 0.565. The van der Waals surface area contributed by atoms with E-state index >= 15 is 0 Å². The number of benzene rings is 2. The molecule has 2 atom stereocenters. The highest BCUT2D eigenvalue weighted by Gasteiger charge is 2.55. The molecule has 2 aromatic carbocycles. The van der Waals surface area contributed by atoms with Gasteiger partial charge in [-0.2, -0.15) is 0 Å². The maximum absolute atomic E-state index is 7.03. The third kappa shape index (κ3) is 3.01. The predicted octanol–water partition coefficient (Wildman–Crippen LogP) is 4.97. The van der Waals surface area contributed by atoms with Gasteiger partial charge < -0.3 is 4.43 Å². The first-order valence-corrected chi connectivity index (χ1v) is 14.8. The van der Waals surface area contributed by atoms with Gasteiger partial charge in [-0.05, 0) is 23.2 Å². The van der Waals surface area contributed by atoms with Gasteiger partial charge in [0.2, 0.25) is 7.83 Å². The largest absolute Gasteiger partial charge is 0.408 e. The molecule has 0 spiro atoms. The Kier molecular flexibility index (Phi) is 4.71. The fourth-order valence-electron chi connectivity index (χ4n) is 3.87. The lowest BCUT2D eigenvalue weighted by atomic mass is 10.1. The summed E-state index contributed by atoms with van der Waals surface area (Å²) in [5.41, 5.74) is 1.33. The molecule has 0 bridgehead atoms. The molecule has 1 aliphatic heterocycles. The van der Waals surface area contributed by atoms with Crippen LogP contribution in [0.3, 0.4) is 0 Å². The summed E-state index contributed by atoms with van der Waals surface area (Å²) >= 11 is 0. The Balaban J connectivity index is 2.05. The van der Waals surface area contributed by atoms with Gasteiger partial charge in [0.05, 0.1) is 13.7 Å². The molecule has 0 N–H and O–H groups in total. The van der Waals surface area contributed by atoms with E-state index < -0.39 is 15.4 Å². The topological polar surface area (TPSA) is 9.23 Å². The molecule has 23 heavy (non-hydrogen) atoms. The summed E-state index contributed by atoms with van der Waals surface area (Å²) in [5, 5.41) is 1.46. The monoisotopic (exact) mass is 338 g/mol. The van der Waals surface area contributed by atoms with Crippen LogP contribution in [0.2, 0.25) is 25.2 Å². The second-order valence-corrected chi connectivity index (χ2v) is 20.8. The van der Waals surface area contributed by atoms with E-state index in [-0.39, 0.29) is 6.10 Å². The van der Waals surface area contributed by atoms with Gasteiger partial charge in [-0.1, -0.05) is 85.9 Å². The number of rotatable bonds is 4. The molecule has 3 heteroatoms. The first-order valence-electron chi connectivity index (χ1n) is 8.48. The molecule has 2 unspecified atom stereocenters. The predicted molar refractivity (Wildman–Crippen MR) is 104 cm³/mol. The smallest absolute Gasteiger partial charge is 0.214 e. The second kappa shape index (κ2) is 6.59. The summed E-state index contributed by atoms with van der Waals surface area (Å²) in [7, 11) is -3.47. The maximum Gasteiger partial charge on any atom is 0.214 e. The van der Waals surface area contributed by atoms with E-state index in [4.69, 9.17) is 4.43 Å². The molecular weight excluding hydrogens is 312 g/mol. The molecule has 0 saturated carbocycles. The van der Waals surface area contributed by atoms with E-state index in [0.717, 1.165) is 12.5 Å². The van der Waals surface area contributed by atoms with Gasteiger partial charge in [0.1, 0.15) is 0 Å². The lowest BCUT2D eigenvalue weighted by Crippen LogP contribution is -2.71. The first-order chi connectivity index (χ1) is 11.1. The lowest BCUT2D eigenvalue weighted by molar-refractivity contribution is 0.191. The summed E-state index contributed by atoms with van der Waals surface area (Å²) in [6.45, 7) is 9.12. The highest BCUT2D eigenvalue weighted by Crippen LogP contribution is 2.42. The maximum atomic E-state index is 7.03. The van der Waals surface area contributed by atoms with Crippen LogP contribution in [0.15, 0.2) is 73.3 Å². The van der Waals surface area contributed by atoms with Gasteiger partial charge >= 0.3 is 0 Å². The van der Waals surface area contributed by atoms with Crippen molar-refractivity contribution < 1.29 is 4.43 Å². The van der Waals surface area contributed by atoms with Crippen LogP contribution in [-0.4, -0.2) is 15.4 Å². The van der Waals surface area contributed by atoms with Crippen LogP contribution in [0.5, 0.6) is 0 Å². The minimum atomic E-state index is -2.01. The van der Waals surface area contributed by atoms with E-state index in [0.29, 0.717) is 0 Å². The van der Waals surface area contributed by atoms with Crippen molar-refractivity contribution in [2.75, 3.05) is 0 Å². The molecule has 1 heterocycles. The normalized spacial score (nSPS) is 26.6. The highest BCUT2D eigenvalue weighted by atomic mass is 29.3. The van der Waals surface area contributed by atoms with Crippen LogP contribution in [-0.2, 0) is 4.43 Å². The fourth-order valence-corrected chi connectivity index (χ4v) is 17.2. The standard InChI is InChI=1S/C20H26OSi2/c1-4-16-23(19-13-9-6-10-14-19)21-20(15-17-22(23,2)3)18-11-7-5-8-12-18/h4-14,20H,1,15-17H2,2-3H3. The molecule has 0 aliphatic carbocycles. The SMILES string of the molecule is C=CC[Si]1(c2ccccc2)OC(c2ccccc2)CC[Si]1(C)C. The number of hydrogen-bond acceptors (Lipinski definition) is 1. The van der Waals surface area contributed by atoms with Crippen LogP contribution in [0.25, 0.3) is 0 Å². The van der Waals surface area contributed by atoms with Gasteiger partial charge in [-0.15, -0.1) is 6.58 Å². The molecule has 0 radical (unpaired) electrons. The van der Waals surface area contributed by atoms with Crippen molar-refractivity contribution in [2.45, 2.75) is 37.7 Å². The Morgan fingerprint density at radius 2 is 1.65 bits per heavy atom. The Morgan fingerprint density at radius 1 is 1.04 bits per heavy atom. The lowest BCUT2D eigenvalue weighted by Gasteiger charge is -2.49. The van der Waals surface area contributed by atoms with Crippen molar-refractivity contribution in [3.63, 3.8) is 0 Å². The molecule has 3 rings (SSSR count). The molecule has 1 nitrogen and oxygen atoms in total. The van der Waals surface area contributed by atoms with E-state index in [2.05, 4.69) is 86.4 Å². The minimum absolute atomic E-state index is 0.239. The van der Waals surface area contributed by atoms with E-state index in [9.17, 15) is 0 Å². The number of hydrogen-bond donors (Lipinski definition) is 0. The van der Waals surface area contributed by atoms with Crippen LogP contribution < -0.4 is 5.19 Å². The van der Waals surface area contributed by atoms with E-state index in [1.165, 1.54) is 16.8 Å². The third-order valence-electron chi connectivity index (χ3n) is 5.31. The summed E-state index contributed by atoms with van der Waals surface area (Å²) in [4.78, 5) is 0. The van der Waals surface area contributed by atoms with Crippen LogP contribution in [0.1, 0.15) is 18.1 Å². The Bertz CT molecular complexity index is 654. The first kappa shape index (κ1) is 16.4. The molecular formula is C20H26OSi2. The average Bonchev–Trinajstić information content (AvgIpc) is 2.58. The Hall–Kier alpha value is -1.43. The van der Waals surface area contributed by atoms with Crippen molar-refractivity contribution in [1.82, 2.24) is 0 Å². The van der Waals surface area contributed by atoms with Gasteiger partial charge in [0.25, 0.3) is 0 Å². The molecule has 1 aliphatic rings. The average molecular weight is 339 g/mol. The number of allylic oxidation sites excluding steroid dienone is 1. The summed E-state index contributed by atoms with van der Waals surface area (Å²) < 4.78 is 7.03. The Morgan fingerprint density at radius 3 is 2.26 bits per heavy atom. The zero-order valence-corrected chi connectivity index (χ0v) is 16.2. The van der Waals surface area contributed by atoms with E-state index in [1.54, 1.807) is 0 Å². The van der Waals surface area contributed by atoms with E-state index in [1.807, 2.05) is 0 Å². The zero-order valence-electron chi connectivity index (χ0n) is 14.2. The molecule has 1 saturated heterocycles. The summed E-state index contributed by atoms with van der Waals surface area (Å²) in [6, 6.07) is 24.1. The second-order valence-electron chi connectivity index (χ2n) is 7.13. The fraction of sp³-hybridized carbons (Fsp3) is 0.300. The van der Waals surface area contributed by atoms with Gasteiger partial charge in [0.15, 0.2) is 0 Å². The minimum Gasteiger partial charge on any atom is -0.408 e. The molecule has 2 aromatic rings. The van der Waals surface area contributed by atoms with Crippen molar-refractivity contribution in [1.29, 1.82) is 0 Å². The highest BCUT2D eigenvalue weighted by molar-refractivity contribution is 7.44. The summed E-state index contributed by atoms with van der Waals surface area (Å²) in [5.74, 6) is 0. The van der Waals surface area contributed by atoms with Gasteiger partial charge in [0, 0.05) is 0 Å². The van der Waals surface area contributed by atoms with Crippen molar-refractivity contribution in [3.8, 4) is 0 Å². The molecule has 0 amide bonds. The van der Waals surface area contributed by atoms with Crippen LogP contribution >= 0.6 is 0 Å².